The first-order chi connectivity index (χ1) is 14.9. The minimum absolute atomic E-state index is 0.0143. The summed E-state index contributed by atoms with van der Waals surface area (Å²) in [6, 6.07) is 11.6. The lowest BCUT2D eigenvalue weighted by molar-refractivity contribution is -0.137. The normalized spacial score (nSPS) is 20.1. The highest BCUT2D eigenvalue weighted by Crippen LogP contribution is 2.31. The summed E-state index contributed by atoms with van der Waals surface area (Å²) >= 11 is 0. The summed E-state index contributed by atoms with van der Waals surface area (Å²) in [6.07, 6.45) is 4.12. The monoisotopic (exact) mass is 420 g/mol. The maximum absolute atomic E-state index is 13.0. The number of aryl methyl sites for hydroxylation is 3. The van der Waals surface area contributed by atoms with E-state index in [4.69, 9.17) is 4.74 Å². The first-order valence-corrected chi connectivity index (χ1v) is 10.4. The molecule has 2 aliphatic heterocycles. The van der Waals surface area contributed by atoms with Gasteiger partial charge in [-0.3, -0.25) is 9.59 Å². The zero-order valence-electron chi connectivity index (χ0n) is 18.3. The highest BCUT2D eigenvalue weighted by Gasteiger charge is 2.40. The fraction of sp³-hybridized carbons (Fsp3) is 0.333. The van der Waals surface area contributed by atoms with E-state index in [0.29, 0.717) is 6.42 Å². The molecule has 2 aliphatic rings. The summed E-state index contributed by atoms with van der Waals surface area (Å²) in [5.41, 5.74) is 8.45. The van der Waals surface area contributed by atoms with E-state index in [0.717, 1.165) is 33.7 Å². The molecule has 2 atom stereocenters. The summed E-state index contributed by atoms with van der Waals surface area (Å²) in [4.78, 5) is 27.2. The second-order valence-corrected chi connectivity index (χ2v) is 8.20. The van der Waals surface area contributed by atoms with Crippen LogP contribution in [0.5, 0.6) is 5.75 Å². The molecule has 0 radical (unpaired) electrons. The Kier molecular flexibility index (Phi) is 5.69. The van der Waals surface area contributed by atoms with Crippen molar-refractivity contribution in [3.63, 3.8) is 0 Å². The van der Waals surface area contributed by atoms with Gasteiger partial charge in [0.25, 0.3) is 5.91 Å². The van der Waals surface area contributed by atoms with Gasteiger partial charge in [-0.1, -0.05) is 29.8 Å². The van der Waals surface area contributed by atoms with Crippen molar-refractivity contribution < 1.29 is 14.3 Å². The molecule has 2 unspecified atom stereocenters. The fourth-order valence-corrected chi connectivity index (χ4v) is 4.33. The third kappa shape index (κ3) is 4.27. The zero-order valence-corrected chi connectivity index (χ0v) is 18.3. The number of nitrogens with one attached hydrogen (secondary N) is 2. The third-order valence-electron chi connectivity index (χ3n) is 5.85. The van der Waals surface area contributed by atoms with E-state index in [1.165, 1.54) is 4.90 Å². The van der Waals surface area contributed by atoms with Gasteiger partial charge in [0.05, 0.1) is 13.2 Å². The Morgan fingerprint density at radius 3 is 2.45 bits per heavy atom. The van der Waals surface area contributed by atoms with Gasteiger partial charge in [0.1, 0.15) is 18.3 Å². The second kappa shape index (κ2) is 8.43. The van der Waals surface area contributed by atoms with E-state index < -0.39 is 0 Å². The topological polar surface area (TPSA) is 73.9 Å². The standard InChI is InChI=1S/C24H28N4O3/c1-15-11-16(2)23(17(3)12-15)25-22(29)14-27-9-10-28-21(24(27)30)13-20(26-28)18-5-7-19(31-4)8-6-18/h5-12,20-21,26H,13-14H2,1-4H3,(H,25,29). The van der Waals surface area contributed by atoms with Crippen LogP contribution in [0, 0.1) is 20.8 Å². The summed E-state index contributed by atoms with van der Waals surface area (Å²) in [7, 11) is 1.64. The number of ether oxygens (including phenoxy) is 1. The average molecular weight is 421 g/mol. The van der Waals surface area contributed by atoms with E-state index in [-0.39, 0.29) is 30.4 Å². The fourth-order valence-electron chi connectivity index (χ4n) is 4.33. The number of hydrogen-bond acceptors (Lipinski definition) is 5. The lowest BCUT2D eigenvalue weighted by atomic mass is 10.0. The highest BCUT2D eigenvalue weighted by atomic mass is 16.5. The highest BCUT2D eigenvalue weighted by molar-refractivity contribution is 5.97. The molecule has 0 spiro atoms. The zero-order chi connectivity index (χ0) is 22.1. The molecule has 7 nitrogen and oxygen atoms in total. The van der Waals surface area contributed by atoms with Crippen LogP contribution in [0.4, 0.5) is 5.69 Å². The van der Waals surface area contributed by atoms with Crippen molar-refractivity contribution in [2.75, 3.05) is 19.0 Å². The molecule has 2 heterocycles. The second-order valence-electron chi connectivity index (χ2n) is 8.20. The largest absolute Gasteiger partial charge is 0.497 e. The Balaban J connectivity index is 1.41. The maximum atomic E-state index is 13.0. The summed E-state index contributed by atoms with van der Waals surface area (Å²) in [6.45, 7) is 5.97. The molecular formula is C24H28N4O3. The van der Waals surface area contributed by atoms with Crippen molar-refractivity contribution in [1.82, 2.24) is 15.3 Å². The lowest BCUT2D eigenvalue weighted by Crippen LogP contribution is -2.49. The third-order valence-corrected chi connectivity index (χ3v) is 5.85. The van der Waals surface area contributed by atoms with Crippen molar-refractivity contribution in [2.24, 2.45) is 0 Å². The average Bonchev–Trinajstić information content (AvgIpc) is 3.18. The number of benzene rings is 2. The minimum Gasteiger partial charge on any atom is -0.497 e. The number of fused-ring (bicyclic) bond motifs is 1. The van der Waals surface area contributed by atoms with Crippen LogP contribution >= 0.6 is 0 Å². The molecule has 162 valence electrons. The number of nitrogens with zero attached hydrogens (tertiary/aromatic N) is 2. The van der Waals surface area contributed by atoms with Crippen molar-refractivity contribution in [1.29, 1.82) is 0 Å². The predicted octanol–water partition coefficient (Wildman–Crippen LogP) is 3.19. The minimum atomic E-state index is -0.340. The van der Waals surface area contributed by atoms with E-state index in [1.807, 2.05) is 68.4 Å². The van der Waals surface area contributed by atoms with E-state index in [1.54, 1.807) is 13.3 Å². The van der Waals surface area contributed by atoms with Gasteiger partial charge in [-0.2, -0.15) is 0 Å². The molecule has 1 saturated heterocycles. The molecule has 0 bridgehead atoms. The first kappa shape index (κ1) is 20.9. The van der Waals surface area contributed by atoms with Crippen molar-refractivity contribution in [3.05, 3.63) is 71.1 Å². The first-order valence-electron chi connectivity index (χ1n) is 10.4. The molecule has 2 aromatic rings. The lowest BCUT2D eigenvalue weighted by Gasteiger charge is -2.31. The Morgan fingerprint density at radius 1 is 1.13 bits per heavy atom. The van der Waals surface area contributed by atoms with Gasteiger partial charge in [0.2, 0.25) is 5.91 Å². The van der Waals surface area contributed by atoms with Crippen LogP contribution in [0.3, 0.4) is 0 Å². The number of hydrogen-bond donors (Lipinski definition) is 2. The molecule has 0 aliphatic carbocycles. The molecule has 0 saturated carbocycles. The number of anilines is 1. The molecule has 0 aromatic heterocycles. The Labute approximate surface area is 182 Å². The van der Waals surface area contributed by atoms with Crippen molar-refractivity contribution >= 4 is 17.5 Å². The van der Waals surface area contributed by atoms with Gasteiger partial charge in [0.15, 0.2) is 0 Å². The molecule has 1 fully saturated rings. The predicted molar refractivity (Wildman–Crippen MR) is 119 cm³/mol. The quantitative estimate of drug-likeness (QED) is 0.777. The number of carbonyl (C=O) groups is 2. The van der Waals surface area contributed by atoms with Crippen molar-refractivity contribution in [3.8, 4) is 5.75 Å². The van der Waals surface area contributed by atoms with Gasteiger partial charge < -0.3 is 20.0 Å². The molecule has 2 aromatic carbocycles. The van der Waals surface area contributed by atoms with Crippen LogP contribution in [0.15, 0.2) is 48.8 Å². The van der Waals surface area contributed by atoms with Crippen LogP contribution in [0.2, 0.25) is 0 Å². The summed E-state index contributed by atoms with van der Waals surface area (Å²) < 4.78 is 5.22. The van der Waals surface area contributed by atoms with Crippen LogP contribution in [0.25, 0.3) is 0 Å². The van der Waals surface area contributed by atoms with E-state index in [9.17, 15) is 9.59 Å². The van der Waals surface area contributed by atoms with Gasteiger partial charge in [-0.05, 0) is 56.0 Å². The number of methoxy groups -OCH3 is 1. The van der Waals surface area contributed by atoms with Gasteiger partial charge in [-0.25, -0.2) is 5.43 Å². The summed E-state index contributed by atoms with van der Waals surface area (Å²) in [5.74, 6) is 0.504. The number of hydrazine groups is 1. The summed E-state index contributed by atoms with van der Waals surface area (Å²) in [5, 5.41) is 4.80. The number of amides is 2. The van der Waals surface area contributed by atoms with E-state index in [2.05, 4.69) is 10.7 Å². The molecule has 2 N–H and O–H groups in total. The molecule has 31 heavy (non-hydrogen) atoms. The van der Waals surface area contributed by atoms with Crippen LogP contribution < -0.4 is 15.5 Å². The van der Waals surface area contributed by atoms with Crippen LogP contribution in [-0.4, -0.2) is 41.4 Å². The Hall–Kier alpha value is -3.32. The molecule has 7 heteroatoms. The van der Waals surface area contributed by atoms with Crippen LogP contribution in [0.1, 0.15) is 34.7 Å². The molecule has 4 rings (SSSR count). The number of rotatable bonds is 5. The Morgan fingerprint density at radius 2 is 1.81 bits per heavy atom. The number of carbonyl (C=O) groups excluding carboxylic acids is 2. The van der Waals surface area contributed by atoms with Gasteiger partial charge in [-0.15, -0.1) is 0 Å². The Bertz CT molecular complexity index is 1010. The maximum Gasteiger partial charge on any atom is 0.251 e. The van der Waals surface area contributed by atoms with Gasteiger partial charge >= 0.3 is 0 Å². The molecular weight excluding hydrogens is 392 g/mol. The SMILES string of the molecule is COc1ccc(C2CC3C(=O)N(CC(=O)Nc4c(C)cc(C)cc4C)C=CN3N2)cc1. The van der Waals surface area contributed by atoms with Crippen molar-refractivity contribution in [2.45, 2.75) is 39.3 Å². The molecule has 2 amide bonds. The smallest absolute Gasteiger partial charge is 0.251 e. The van der Waals surface area contributed by atoms with E-state index >= 15 is 0 Å². The van der Waals surface area contributed by atoms with Gasteiger partial charge in [0, 0.05) is 18.1 Å². The van der Waals surface area contributed by atoms with Crippen LogP contribution in [-0.2, 0) is 9.59 Å².